The van der Waals surface area contributed by atoms with E-state index in [0.29, 0.717) is 6.42 Å². The molecule has 33 rings (SSSR count). The Hall–Kier alpha value is -8.40. The van der Waals surface area contributed by atoms with Gasteiger partial charge in [-0.1, -0.05) is 30.3 Å². The van der Waals surface area contributed by atoms with Crippen LogP contribution in [0, 0.1) is 5.21 Å². The molecule has 0 fully saturated rings. The molecule has 3 aliphatic heterocycles. The lowest BCUT2D eigenvalue weighted by Gasteiger charge is -2.57. The summed E-state index contributed by atoms with van der Waals surface area (Å²) in [4.78, 5) is 0. The molecule has 0 bridgehead atoms. The summed E-state index contributed by atoms with van der Waals surface area (Å²) >= 11 is 0. The quantitative estimate of drug-likeness (QED) is 0.0967. The van der Waals surface area contributed by atoms with E-state index in [-0.39, 0.29) is 4.65 Å². The van der Waals surface area contributed by atoms with Gasteiger partial charge in [-0.3, -0.25) is 4.65 Å². The number of quaternary nitrogens is 1. The molecule has 68 heavy (non-hydrogen) atoms. The van der Waals surface area contributed by atoms with E-state index >= 15 is 5.21 Å². The zero-order valence-electron chi connectivity index (χ0n) is 34.4. The lowest BCUT2D eigenvalue weighted by molar-refractivity contribution is 0.282. The number of nitrogens with zero attached hydrogens (tertiary/aromatic N) is 1. The van der Waals surface area contributed by atoms with Crippen molar-refractivity contribution in [3.05, 3.63) is 52.2 Å². The van der Waals surface area contributed by atoms with Crippen LogP contribution in [-0.2, 0) is 12.0 Å². The van der Waals surface area contributed by atoms with Crippen molar-refractivity contribution < 1.29 is 0 Å². The summed E-state index contributed by atoms with van der Waals surface area (Å²) in [5.74, 6) is 0. The highest BCUT2D eigenvalue weighted by Gasteiger charge is 2.68. The van der Waals surface area contributed by atoms with Crippen molar-refractivity contribution in [1.29, 1.82) is 0 Å². The minimum absolute atomic E-state index is 0.354. The number of hydrogen-bond acceptors (Lipinski definition) is 1. The first-order valence-corrected chi connectivity index (χ1v) is 25.2. The molecule has 4 aliphatic rings. The topological polar surface area (TPSA) is 23.1 Å². The lowest BCUT2D eigenvalue weighted by atomic mass is 9.71. The molecule has 29 aromatic rings. The number of hydrogen-bond donors (Lipinski definition) is 0. The Morgan fingerprint density at radius 2 is 0.412 bits per heavy atom. The second-order valence-corrected chi connectivity index (χ2v) is 24.8. The molecule has 0 radical (unpaired) electrons. The third kappa shape index (κ3) is 1.29. The Labute approximate surface area is 369 Å². The Morgan fingerprint density at radius 1 is 0.235 bits per heavy atom. The third-order valence-corrected chi connectivity index (χ3v) is 24.5. The molecule has 0 atom stereocenters. The van der Waals surface area contributed by atoms with E-state index < -0.39 is 5.54 Å². The van der Waals surface area contributed by atoms with Crippen LogP contribution in [0.4, 0.5) is 11.4 Å². The van der Waals surface area contributed by atoms with Gasteiger partial charge in [0, 0.05) is 206 Å². The van der Waals surface area contributed by atoms with E-state index in [4.69, 9.17) is 0 Å². The lowest BCUT2D eigenvalue weighted by Crippen LogP contribution is -2.59. The van der Waals surface area contributed by atoms with Crippen LogP contribution in [-0.4, -0.2) is 0 Å². The van der Waals surface area contributed by atoms with Gasteiger partial charge in [-0.05, 0) is 86.4 Å². The van der Waals surface area contributed by atoms with Gasteiger partial charge in [0.05, 0.1) is 21.5 Å². The predicted octanol–water partition coefficient (Wildman–Crippen LogP) is 18.3. The Kier molecular flexibility index (Phi) is 2.05. The first-order valence-electron chi connectivity index (χ1n) is 25.2. The van der Waals surface area contributed by atoms with Gasteiger partial charge in [0.15, 0.2) is 16.9 Å². The maximum atomic E-state index is 19.2. The van der Waals surface area contributed by atoms with Crippen LogP contribution in [0.5, 0.6) is 0 Å². The molecule has 0 spiro atoms. The SMILES string of the molecule is [O-][N+]12c3c4c5c6c7c8c(c9c%10c1c1c3c3c%11c4c4c5c5c7c7c%12c8c8c9c9c%10c%10c1c1c3c3c%11c%11c4c4c5c7c5c7c%12c8c8c9c9c%10c1c1c3c3c%11c4c5c4c7c8c9c1c34)C62Cc1ccccc1. The van der Waals surface area contributed by atoms with Gasteiger partial charge < -0.3 is 5.21 Å². The largest absolute Gasteiger partial charge is 0.621 e. The van der Waals surface area contributed by atoms with Crippen LogP contribution < -0.4 is 4.65 Å². The van der Waals surface area contributed by atoms with Gasteiger partial charge in [-0.25, -0.2) is 0 Å². The molecule has 1 aliphatic carbocycles. The van der Waals surface area contributed by atoms with Gasteiger partial charge in [0.2, 0.25) is 0 Å². The van der Waals surface area contributed by atoms with Crippen molar-refractivity contribution in [3.63, 3.8) is 0 Å². The van der Waals surface area contributed by atoms with Crippen molar-refractivity contribution in [3.8, 4) is 0 Å². The van der Waals surface area contributed by atoms with Crippen molar-refractivity contribution in [2.24, 2.45) is 0 Å². The minimum Gasteiger partial charge on any atom is -0.621 e. The molecule has 0 N–H and O–H groups in total. The van der Waals surface area contributed by atoms with Gasteiger partial charge in [0.25, 0.3) is 0 Å². The molecule has 29 aromatic carbocycles. The van der Waals surface area contributed by atoms with E-state index in [9.17, 15) is 0 Å². The molecule has 282 valence electrons. The molecule has 0 amide bonds. The highest BCUT2D eigenvalue weighted by molar-refractivity contribution is 6.82. The van der Waals surface area contributed by atoms with Gasteiger partial charge >= 0.3 is 0 Å². The fraction of sp³-hybridized carbons (Fsp3) is 0.0303. The van der Waals surface area contributed by atoms with Crippen LogP contribution in [0.3, 0.4) is 0 Å². The molecule has 0 aromatic heterocycles. The molecular formula is C66H7NO. The van der Waals surface area contributed by atoms with Crippen LogP contribution >= 0.6 is 0 Å². The monoisotopic (exact) mass is 829 g/mol. The average Bonchev–Trinajstić information content (AvgIpc) is 4.21. The highest BCUT2D eigenvalue weighted by atomic mass is 16.6. The molecule has 2 heteroatoms. The Bertz CT molecular complexity index is 7050. The van der Waals surface area contributed by atoms with Gasteiger partial charge in [-0.2, -0.15) is 0 Å². The summed E-state index contributed by atoms with van der Waals surface area (Å²) in [7, 11) is 0. The zero-order chi connectivity index (χ0) is 40.3. The fourth-order valence-electron chi connectivity index (χ4n) is 24.3. The summed E-state index contributed by atoms with van der Waals surface area (Å²) in [6.45, 7) is 0. The second kappa shape index (κ2) is 5.58. The van der Waals surface area contributed by atoms with Gasteiger partial charge in [-0.15, -0.1) is 0 Å². The van der Waals surface area contributed by atoms with Crippen LogP contribution in [0.15, 0.2) is 30.3 Å². The van der Waals surface area contributed by atoms with Crippen molar-refractivity contribution in [2.45, 2.75) is 12.0 Å². The van der Waals surface area contributed by atoms with Crippen molar-refractivity contribution >= 4 is 302 Å². The normalized spacial score (nSPS) is 22.1. The van der Waals surface area contributed by atoms with E-state index in [1.54, 1.807) is 172 Å². The first-order chi connectivity index (χ1) is 33.8. The van der Waals surface area contributed by atoms with E-state index in [2.05, 4.69) is 30.3 Å². The summed E-state index contributed by atoms with van der Waals surface area (Å²) < 4.78 is -0.354. The summed E-state index contributed by atoms with van der Waals surface area (Å²) in [6.07, 6.45) is 0.701. The first kappa shape index (κ1) is 24.9. The highest BCUT2D eigenvalue weighted by Crippen LogP contribution is 2.85. The Morgan fingerprint density at radius 3 is 0.647 bits per heavy atom. The Balaban J connectivity index is 1.22. The average molecular weight is 830 g/mol. The standard InChI is InChI=1S/C66H7NO/c68-67-64-58-50-42-32-22-14-10-8-9-12-16(14)24(32)34-28-20(12)21-13(9)17-15-11(8)19-18(10)26-30(22)40-46-36(26)37-27(19)31-23(15)33-25(17)35-29(21)39-38(28)52(44(34)50)60(64)61-53(39)45(35)51-43(33)49-41(31)47(37)55-54(46)62(56(58)48(40)42)66(67,6-7-4-2-1-3-5-7)63(55)57(49)59(51)65(61)67/h1-5H,6H2. The van der Waals surface area contributed by atoms with Crippen molar-refractivity contribution in [1.82, 2.24) is 4.65 Å². The molecule has 2 nitrogen and oxygen atoms in total. The molecule has 0 saturated carbocycles. The summed E-state index contributed by atoms with van der Waals surface area (Å²) in [5.41, 5.74) is 5.54. The van der Waals surface area contributed by atoms with E-state index in [0.717, 1.165) is 11.4 Å². The summed E-state index contributed by atoms with van der Waals surface area (Å²) in [5, 5.41) is 102. The fourth-order valence-corrected chi connectivity index (χ4v) is 24.3. The third-order valence-electron chi connectivity index (χ3n) is 24.5. The second-order valence-electron chi connectivity index (χ2n) is 24.8. The number of hydroxylamine groups is 1. The van der Waals surface area contributed by atoms with Crippen molar-refractivity contribution in [2.75, 3.05) is 0 Å². The van der Waals surface area contributed by atoms with E-state index in [1.807, 2.05) is 0 Å². The molecule has 0 saturated heterocycles. The zero-order valence-corrected chi connectivity index (χ0v) is 34.4. The molecule has 0 unspecified atom stereocenters. The molecular weight excluding hydrogens is 823 g/mol. The predicted molar refractivity (Wildman–Crippen MR) is 288 cm³/mol. The minimum atomic E-state index is -0.868. The number of rotatable bonds is 2. The van der Waals surface area contributed by atoms with Crippen LogP contribution in [0.25, 0.3) is 291 Å². The molecule has 3 heterocycles. The smallest absolute Gasteiger partial charge is 0.166 e. The van der Waals surface area contributed by atoms with Crippen LogP contribution in [0.2, 0.25) is 0 Å². The van der Waals surface area contributed by atoms with E-state index in [1.165, 1.54) is 135 Å². The van der Waals surface area contributed by atoms with Crippen LogP contribution in [0.1, 0.15) is 16.7 Å². The van der Waals surface area contributed by atoms with Gasteiger partial charge in [0.1, 0.15) is 0 Å². The summed E-state index contributed by atoms with van der Waals surface area (Å²) in [6, 6.07) is 11.4. The maximum absolute atomic E-state index is 19.2. The number of benzene rings is 19. The maximum Gasteiger partial charge on any atom is 0.166 e.